The Morgan fingerprint density at radius 3 is 2.87 bits per heavy atom. The predicted octanol–water partition coefficient (Wildman–Crippen LogP) is 2.90. The van der Waals surface area contributed by atoms with Crippen molar-refractivity contribution in [2.24, 2.45) is 0 Å². The van der Waals surface area contributed by atoms with Crippen molar-refractivity contribution in [3.8, 4) is 0 Å². The molecule has 0 atom stereocenters. The third-order valence-electron chi connectivity index (χ3n) is 2.69. The van der Waals surface area contributed by atoms with Gasteiger partial charge in [-0.2, -0.15) is 0 Å². The van der Waals surface area contributed by atoms with Crippen molar-refractivity contribution in [1.82, 2.24) is 4.90 Å². The number of halogens is 2. The molecule has 1 heterocycles. The molecule has 0 radical (unpaired) electrons. The Kier molecular flexibility index (Phi) is 3.17. The molecule has 2 rings (SSSR count). The number of nitrogens with zero attached hydrogens (tertiary/aromatic N) is 1. The minimum Gasteiger partial charge on any atom is -0.341 e. The van der Waals surface area contributed by atoms with Gasteiger partial charge in [-0.15, -0.1) is 0 Å². The Labute approximate surface area is 98.8 Å². The second-order valence-electron chi connectivity index (χ2n) is 3.68. The van der Waals surface area contributed by atoms with E-state index in [0.29, 0.717) is 16.6 Å². The number of hydrogen-bond acceptors (Lipinski definition) is 1. The topological polar surface area (TPSA) is 20.3 Å². The number of hydrogen-bond donors (Lipinski definition) is 0. The van der Waals surface area contributed by atoms with Crippen LogP contribution in [0.5, 0.6) is 0 Å². The van der Waals surface area contributed by atoms with E-state index in [-0.39, 0.29) is 0 Å². The Morgan fingerprint density at radius 2 is 2.13 bits per heavy atom. The number of carbonyl (C=O) groups is 1. The highest BCUT2D eigenvalue weighted by Crippen LogP contribution is 2.31. The molecule has 0 saturated carbocycles. The lowest BCUT2D eigenvalue weighted by atomic mass is 10.0. The van der Waals surface area contributed by atoms with E-state index < -0.39 is 0 Å². The Hall–Kier alpha value is -0.730. The summed E-state index contributed by atoms with van der Waals surface area (Å²) < 4.78 is 0. The molecule has 4 heteroatoms. The third kappa shape index (κ3) is 2.11. The maximum absolute atomic E-state index is 10.8. The zero-order valence-corrected chi connectivity index (χ0v) is 9.68. The average Bonchev–Trinajstić information content (AvgIpc) is 2.45. The molecule has 2 nitrogen and oxygen atoms in total. The number of benzene rings is 1. The van der Waals surface area contributed by atoms with E-state index in [1.165, 1.54) is 5.56 Å². The molecule has 1 aromatic carbocycles. The Morgan fingerprint density at radius 1 is 1.33 bits per heavy atom. The van der Waals surface area contributed by atoms with E-state index in [2.05, 4.69) is 0 Å². The van der Waals surface area contributed by atoms with Crippen molar-refractivity contribution in [3.63, 3.8) is 0 Å². The quantitative estimate of drug-likeness (QED) is 0.695. The lowest BCUT2D eigenvalue weighted by molar-refractivity contribution is -0.118. The minimum atomic E-state index is 0.558. The van der Waals surface area contributed by atoms with E-state index in [4.69, 9.17) is 23.2 Å². The fourth-order valence-corrected chi connectivity index (χ4v) is 2.30. The van der Waals surface area contributed by atoms with Crippen LogP contribution in [-0.2, 0) is 17.8 Å². The van der Waals surface area contributed by atoms with Gasteiger partial charge in [0.2, 0.25) is 6.41 Å². The van der Waals surface area contributed by atoms with Crippen molar-refractivity contribution < 1.29 is 4.79 Å². The number of rotatable bonds is 1. The van der Waals surface area contributed by atoms with Crippen LogP contribution in [-0.4, -0.2) is 17.9 Å². The molecule has 1 amide bonds. The van der Waals surface area contributed by atoms with Gasteiger partial charge in [0.1, 0.15) is 0 Å². The summed E-state index contributed by atoms with van der Waals surface area (Å²) in [6.45, 7) is 1.35. The second-order valence-corrected chi connectivity index (χ2v) is 4.46. The molecule has 0 saturated heterocycles. The van der Waals surface area contributed by atoms with Gasteiger partial charge in [-0.05, 0) is 30.0 Å². The predicted molar refractivity (Wildman–Crippen MR) is 61.3 cm³/mol. The van der Waals surface area contributed by atoms with Gasteiger partial charge in [0, 0.05) is 13.1 Å². The number of aryl methyl sites for hydroxylation is 1. The van der Waals surface area contributed by atoms with Gasteiger partial charge in [-0.3, -0.25) is 4.79 Å². The average molecular weight is 244 g/mol. The molecule has 0 unspecified atom stereocenters. The summed E-state index contributed by atoms with van der Waals surface area (Å²) in [4.78, 5) is 12.5. The molecule has 1 aliphatic heterocycles. The van der Waals surface area contributed by atoms with Gasteiger partial charge < -0.3 is 4.90 Å². The first kappa shape index (κ1) is 10.8. The molecule has 0 aliphatic carbocycles. The number of carbonyl (C=O) groups excluding carboxylic acids is 1. The van der Waals surface area contributed by atoms with Gasteiger partial charge in [-0.1, -0.05) is 29.3 Å². The van der Waals surface area contributed by atoms with Crippen molar-refractivity contribution in [2.45, 2.75) is 19.4 Å². The summed E-state index contributed by atoms with van der Waals surface area (Å²) in [5.41, 5.74) is 2.20. The summed E-state index contributed by atoms with van der Waals surface area (Å²) in [5, 5.41) is 1.14. The molecule has 15 heavy (non-hydrogen) atoms. The van der Waals surface area contributed by atoms with Gasteiger partial charge in [0.05, 0.1) is 10.0 Å². The molecule has 1 aliphatic rings. The van der Waals surface area contributed by atoms with Crippen LogP contribution in [0.25, 0.3) is 0 Å². The van der Waals surface area contributed by atoms with Crippen LogP contribution in [0.2, 0.25) is 10.0 Å². The van der Waals surface area contributed by atoms with Crippen molar-refractivity contribution >= 4 is 29.6 Å². The van der Waals surface area contributed by atoms with E-state index in [9.17, 15) is 4.79 Å². The maximum Gasteiger partial charge on any atom is 0.210 e. The monoisotopic (exact) mass is 243 g/mol. The van der Waals surface area contributed by atoms with Gasteiger partial charge in [-0.25, -0.2) is 0 Å². The van der Waals surface area contributed by atoms with Crippen molar-refractivity contribution in [1.29, 1.82) is 0 Å². The highest BCUT2D eigenvalue weighted by Gasteiger charge is 2.16. The first-order chi connectivity index (χ1) is 7.22. The lowest BCUT2D eigenvalue weighted by Gasteiger charge is -2.15. The van der Waals surface area contributed by atoms with E-state index in [1.54, 1.807) is 4.90 Å². The van der Waals surface area contributed by atoms with Crippen LogP contribution in [0.3, 0.4) is 0 Å². The van der Waals surface area contributed by atoms with Crippen molar-refractivity contribution in [3.05, 3.63) is 33.3 Å². The lowest BCUT2D eigenvalue weighted by Crippen LogP contribution is -2.21. The standard InChI is InChI=1S/C11H11Cl2NO/c12-10-4-3-8-2-1-5-14(7-15)6-9(8)11(10)13/h3-4,7H,1-2,5-6H2. The zero-order chi connectivity index (χ0) is 10.8. The molecule has 0 bridgehead atoms. The maximum atomic E-state index is 10.8. The fraction of sp³-hybridized carbons (Fsp3) is 0.364. The number of amides is 1. The number of fused-ring (bicyclic) bond motifs is 1. The fourth-order valence-electron chi connectivity index (χ4n) is 1.88. The molecular weight excluding hydrogens is 233 g/mol. The molecule has 0 aromatic heterocycles. The summed E-state index contributed by atoms with van der Waals surface area (Å²) in [5.74, 6) is 0. The molecule has 0 N–H and O–H groups in total. The molecule has 0 spiro atoms. The molecular formula is C11H11Cl2NO. The minimum absolute atomic E-state index is 0.558. The highest BCUT2D eigenvalue weighted by molar-refractivity contribution is 6.42. The van der Waals surface area contributed by atoms with Crippen LogP contribution in [0.1, 0.15) is 17.5 Å². The van der Waals surface area contributed by atoms with Crippen LogP contribution < -0.4 is 0 Å². The SMILES string of the molecule is O=CN1CCCc2ccc(Cl)c(Cl)c2C1. The highest BCUT2D eigenvalue weighted by atomic mass is 35.5. The summed E-state index contributed by atoms with van der Waals surface area (Å²) in [7, 11) is 0. The van der Waals surface area contributed by atoms with Gasteiger partial charge in [0.15, 0.2) is 0 Å². The third-order valence-corrected chi connectivity index (χ3v) is 3.54. The molecule has 0 fully saturated rings. The van der Waals surface area contributed by atoms with Gasteiger partial charge in [0.25, 0.3) is 0 Å². The first-order valence-corrected chi connectivity index (χ1v) is 5.63. The van der Waals surface area contributed by atoms with Crippen LogP contribution >= 0.6 is 23.2 Å². The van der Waals surface area contributed by atoms with Gasteiger partial charge >= 0.3 is 0 Å². The summed E-state index contributed by atoms with van der Waals surface area (Å²) >= 11 is 12.1. The normalized spacial score (nSPS) is 15.7. The summed E-state index contributed by atoms with van der Waals surface area (Å²) in [6.07, 6.45) is 2.80. The first-order valence-electron chi connectivity index (χ1n) is 4.87. The van der Waals surface area contributed by atoms with E-state index in [0.717, 1.165) is 31.4 Å². The largest absolute Gasteiger partial charge is 0.341 e. The van der Waals surface area contributed by atoms with E-state index >= 15 is 0 Å². The van der Waals surface area contributed by atoms with Crippen LogP contribution in [0, 0.1) is 0 Å². The Balaban J connectivity index is 2.43. The second kappa shape index (κ2) is 4.42. The Bertz CT molecular complexity index is 392. The van der Waals surface area contributed by atoms with Crippen molar-refractivity contribution in [2.75, 3.05) is 6.54 Å². The summed E-state index contributed by atoms with van der Waals surface area (Å²) in [6, 6.07) is 3.82. The smallest absolute Gasteiger partial charge is 0.210 e. The van der Waals surface area contributed by atoms with Crippen LogP contribution in [0.15, 0.2) is 12.1 Å². The van der Waals surface area contributed by atoms with Crippen LogP contribution in [0.4, 0.5) is 0 Å². The van der Waals surface area contributed by atoms with E-state index in [1.807, 2.05) is 12.1 Å². The molecule has 80 valence electrons. The zero-order valence-electron chi connectivity index (χ0n) is 8.17. The molecule has 1 aromatic rings.